The molecule has 2 aromatic carbocycles. The Labute approximate surface area is 133 Å². The van der Waals surface area contributed by atoms with Gasteiger partial charge in [0.05, 0.1) is 7.11 Å². The first-order valence-corrected chi connectivity index (χ1v) is 8.06. The van der Waals surface area contributed by atoms with Gasteiger partial charge in [-0.15, -0.1) is 11.8 Å². The summed E-state index contributed by atoms with van der Waals surface area (Å²) in [6, 6.07) is 13.6. The van der Waals surface area contributed by atoms with E-state index in [9.17, 15) is 9.18 Å². The lowest BCUT2D eigenvalue weighted by atomic mass is 10.1. The van der Waals surface area contributed by atoms with E-state index in [2.05, 4.69) is 0 Å². The van der Waals surface area contributed by atoms with E-state index in [0.717, 1.165) is 5.75 Å². The van der Waals surface area contributed by atoms with Gasteiger partial charge in [0.15, 0.2) is 0 Å². The van der Waals surface area contributed by atoms with E-state index in [1.165, 1.54) is 6.07 Å². The van der Waals surface area contributed by atoms with E-state index >= 15 is 0 Å². The maximum atomic E-state index is 14.0. The van der Waals surface area contributed by atoms with Gasteiger partial charge in [0.25, 0.3) is 5.91 Å². The number of nitrogens with zero attached hydrogens (tertiary/aromatic N) is 1. The second kappa shape index (κ2) is 6.40. The van der Waals surface area contributed by atoms with Gasteiger partial charge in [0, 0.05) is 23.4 Å². The van der Waals surface area contributed by atoms with Crippen LogP contribution < -0.4 is 4.74 Å². The van der Waals surface area contributed by atoms with Gasteiger partial charge in [-0.3, -0.25) is 4.79 Å². The largest absolute Gasteiger partial charge is 0.497 e. The van der Waals surface area contributed by atoms with E-state index in [4.69, 9.17) is 4.74 Å². The van der Waals surface area contributed by atoms with Crippen molar-refractivity contribution in [3.63, 3.8) is 0 Å². The molecule has 1 aliphatic heterocycles. The third kappa shape index (κ3) is 2.81. The van der Waals surface area contributed by atoms with Crippen LogP contribution in [0, 0.1) is 5.82 Å². The molecule has 1 atom stereocenters. The van der Waals surface area contributed by atoms with Crippen molar-refractivity contribution in [3.05, 3.63) is 65.5 Å². The minimum Gasteiger partial charge on any atom is -0.497 e. The number of thioether (sulfide) groups is 1. The number of ether oxygens (including phenoxy) is 1. The third-order valence-electron chi connectivity index (χ3n) is 3.66. The van der Waals surface area contributed by atoms with Crippen LogP contribution in [0.2, 0.25) is 0 Å². The molecule has 114 valence electrons. The van der Waals surface area contributed by atoms with Crippen molar-refractivity contribution in [2.75, 3.05) is 19.4 Å². The number of carbonyl (C=O) groups excluding carboxylic acids is 1. The molecular formula is C17H16FNO2S. The molecule has 1 heterocycles. The van der Waals surface area contributed by atoms with Gasteiger partial charge in [-0.25, -0.2) is 4.39 Å². The maximum Gasteiger partial charge on any atom is 0.255 e. The number of methoxy groups -OCH3 is 1. The lowest BCUT2D eigenvalue weighted by Gasteiger charge is -2.24. The van der Waals surface area contributed by atoms with Crippen molar-refractivity contribution in [2.24, 2.45) is 0 Å². The van der Waals surface area contributed by atoms with Gasteiger partial charge < -0.3 is 9.64 Å². The molecular weight excluding hydrogens is 301 g/mol. The fourth-order valence-electron chi connectivity index (χ4n) is 2.51. The minimum absolute atomic E-state index is 0.0825. The van der Waals surface area contributed by atoms with Crippen LogP contribution in [0.3, 0.4) is 0 Å². The summed E-state index contributed by atoms with van der Waals surface area (Å²) >= 11 is 1.59. The normalized spacial score (nSPS) is 17.5. The van der Waals surface area contributed by atoms with Gasteiger partial charge in [0.1, 0.15) is 16.9 Å². The summed E-state index contributed by atoms with van der Waals surface area (Å²) in [4.78, 5) is 14.4. The predicted molar refractivity (Wildman–Crippen MR) is 85.6 cm³/mol. The van der Waals surface area contributed by atoms with E-state index in [0.29, 0.717) is 23.4 Å². The Hall–Kier alpha value is -2.01. The molecule has 1 amide bonds. The Morgan fingerprint density at radius 1 is 1.23 bits per heavy atom. The Balaban J connectivity index is 1.86. The Morgan fingerprint density at radius 3 is 2.64 bits per heavy atom. The second-order valence-corrected chi connectivity index (χ2v) is 6.16. The summed E-state index contributed by atoms with van der Waals surface area (Å²) in [5.74, 6) is 1.16. The molecule has 0 radical (unpaired) electrons. The van der Waals surface area contributed by atoms with Gasteiger partial charge in [0.2, 0.25) is 0 Å². The van der Waals surface area contributed by atoms with Crippen LogP contribution in [0.5, 0.6) is 5.75 Å². The number of benzene rings is 2. The lowest BCUT2D eigenvalue weighted by Crippen LogP contribution is -2.30. The van der Waals surface area contributed by atoms with Gasteiger partial charge in [-0.05, 0) is 30.3 Å². The monoisotopic (exact) mass is 317 g/mol. The molecule has 2 aromatic rings. The molecule has 0 spiro atoms. The zero-order chi connectivity index (χ0) is 15.5. The number of halogens is 1. The average Bonchev–Trinajstić information content (AvgIpc) is 3.04. The van der Waals surface area contributed by atoms with Crippen LogP contribution in [0.15, 0.2) is 48.5 Å². The molecule has 1 saturated heterocycles. The molecule has 0 bridgehead atoms. The topological polar surface area (TPSA) is 29.5 Å². The first-order chi connectivity index (χ1) is 10.7. The highest BCUT2D eigenvalue weighted by atomic mass is 32.2. The smallest absolute Gasteiger partial charge is 0.255 e. The lowest BCUT2D eigenvalue weighted by molar-refractivity contribution is 0.0759. The highest BCUT2D eigenvalue weighted by molar-refractivity contribution is 7.99. The molecule has 0 N–H and O–H groups in total. The summed E-state index contributed by atoms with van der Waals surface area (Å²) in [6.45, 7) is 0.620. The quantitative estimate of drug-likeness (QED) is 0.864. The van der Waals surface area contributed by atoms with Crippen LogP contribution >= 0.6 is 11.8 Å². The molecule has 0 unspecified atom stereocenters. The van der Waals surface area contributed by atoms with Crippen molar-refractivity contribution in [1.82, 2.24) is 4.90 Å². The summed E-state index contributed by atoms with van der Waals surface area (Å²) in [5.41, 5.74) is 1.15. The van der Waals surface area contributed by atoms with Crippen LogP contribution in [-0.2, 0) is 0 Å². The van der Waals surface area contributed by atoms with E-state index in [-0.39, 0.29) is 17.1 Å². The standard InChI is InChI=1S/C17H16FNO2S/c1-21-13-8-6-12(7-9-13)16(20)19-10-11-22-17(19)14-4-2-3-5-15(14)18/h2-9,17H,10-11H2,1H3/t17-/m1/s1. The maximum absolute atomic E-state index is 14.0. The molecule has 0 aromatic heterocycles. The van der Waals surface area contributed by atoms with Crippen molar-refractivity contribution >= 4 is 17.7 Å². The molecule has 3 nitrogen and oxygen atoms in total. The molecule has 1 fully saturated rings. The van der Waals surface area contributed by atoms with E-state index < -0.39 is 0 Å². The van der Waals surface area contributed by atoms with Crippen LogP contribution in [0.1, 0.15) is 21.3 Å². The average molecular weight is 317 g/mol. The summed E-state index contributed by atoms with van der Waals surface area (Å²) in [5, 5.41) is -0.268. The summed E-state index contributed by atoms with van der Waals surface area (Å²) in [7, 11) is 1.59. The molecule has 5 heteroatoms. The fourth-order valence-corrected chi connectivity index (χ4v) is 3.79. The first-order valence-electron chi connectivity index (χ1n) is 7.02. The number of rotatable bonds is 3. The van der Waals surface area contributed by atoms with E-state index in [1.807, 2.05) is 0 Å². The fraction of sp³-hybridized carbons (Fsp3) is 0.235. The third-order valence-corrected chi connectivity index (χ3v) is 4.90. The van der Waals surface area contributed by atoms with Gasteiger partial charge >= 0.3 is 0 Å². The zero-order valence-electron chi connectivity index (χ0n) is 12.2. The van der Waals surface area contributed by atoms with Crippen LogP contribution in [-0.4, -0.2) is 30.2 Å². The minimum atomic E-state index is -0.269. The first kappa shape index (κ1) is 14.9. The van der Waals surface area contributed by atoms with Crippen molar-refractivity contribution < 1.29 is 13.9 Å². The van der Waals surface area contributed by atoms with E-state index in [1.54, 1.807) is 66.2 Å². The van der Waals surface area contributed by atoms with Crippen LogP contribution in [0.25, 0.3) is 0 Å². The highest BCUT2D eigenvalue weighted by Gasteiger charge is 2.32. The molecule has 1 aliphatic rings. The Kier molecular flexibility index (Phi) is 4.34. The Morgan fingerprint density at radius 2 is 1.95 bits per heavy atom. The van der Waals surface area contributed by atoms with Crippen molar-refractivity contribution in [1.29, 1.82) is 0 Å². The van der Waals surface area contributed by atoms with Crippen LogP contribution in [0.4, 0.5) is 4.39 Å². The summed E-state index contributed by atoms with van der Waals surface area (Å²) in [6.07, 6.45) is 0. The second-order valence-electron chi connectivity index (χ2n) is 4.97. The summed E-state index contributed by atoms with van der Waals surface area (Å²) < 4.78 is 19.1. The zero-order valence-corrected chi connectivity index (χ0v) is 13.0. The SMILES string of the molecule is COc1ccc(C(=O)N2CCS[C@@H]2c2ccccc2F)cc1. The van der Waals surface area contributed by atoms with Crippen molar-refractivity contribution in [3.8, 4) is 5.75 Å². The number of hydrogen-bond acceptors (Lipinski definition) is 3. The highest BCUT2D eigenvalue weighted by Crippen LogP contribution is 2.39. The number of hydrogen-bond donors (Lipinski definition) is 0. The number of amides is 1. The van der Waals surface area contributed by atoms with Gasteiger partial charge in [-0.1, -0.05) is 18.2 Å². The molecule has 3 rings (SSSR count). The number of carbonyl (C=O) groups is 1. The van der Waals surface area contributed by atoms with Crippen molar-refractivity contribution in [2.45, 2.75) is 5.37 Å². The molecule has 22 heavy (non-hydrogen) atoms. The Bertz CT molecular complexity index is 675. The van der Waals surface area contributed by atoms with Gasteiger partial charge in [-0.2, -0.15) is 0 Å². The predicted octanol–water partition coefficient (Wildman–Crippen LogP) is 3.72. The molecule has 0 saturated carbocycles. The molecule has 0 aliphatic carbocycles.